The topological polar surface area (TPSA) is 72.0 Å². The third kappa shape index (κ3) is 3.35. The van der Waals surface area contributed by atoms with Crippen LogP contribution in [0.3, 0.4) is 0 Å². The smallest absolute Gasteiger partial charge is 0.306 e. The predicted molar refractivity (Wildman–Crippen MR) is 96.8 cm³/mol. The van der Waals surface area contributed by atoms with Crippen LogP contribution in [0.1, 0.15) is 34.7 Å². The van der Waals surface area contributed by atoms with Gasteiger partial charge in [-0.3, -0.25) is 9.59 Å². The first-order chi connectivity index (χ1) is 12.2. The molecule has 1 aliphatic carbocycles. The van der Waals surface area contributed by atoms with Gasteiger partial charge in [0, 0.05) is 11.3 Å². The maximum absolute atomic E-state index is 12.3. The number of hydrogen-bond donors (Lipinski definition) is 1. The quantitative estimate of drug-likeness (QED) is 0.715. The van der Waals surface area contributed by atoms with E-state index in [1.165, 1.54) is 4.88 Å². The minimum atomic E-state index is -0.291. The van der Waals surface area contributed by atoms with Gasteiger partial charge in [0.2, 0.25) is 0 Å². The normalized spacial score (nSPS) is 13.1. The molecule has 0 amide bonds. The Bertz CT molecular complexity index is 975. The Labute approximate surface area is 148 Å². The highest BCUT2D eigenvalue weighted by molar-refractivity contribution is 7.18. The molecule has 0 saturated heterocycles. The fourth-order valence-electron chi connectivity index (χ4n) is 3.23. The van der Waals surface area contributed by atoms with Gasteiger partial charge in [-0.15, -0.1) is 11.3 Å². The van der Waals surface area contributed by atoms with Crippen LogP contribution in [0.25, 0.3) is 10.2 Å². The monoisotopic (exact) mass is 354 g/mol. The molecule has 25 heavy (non-hydrogen) atoms. The zero-order valence-corrected chi connectivity index (χ0v) is 14.5. The van der Waals surface area contributed by atoms with Gasteiger partial charge in [0.05, 0.1) is 5.39 Å². The van der Waals surface area contributed by atoms with Gasteiger partial charge in [-0.1, -0.05) is 30.3 Å². The second-order valence-electron chi connectivity index (χ2n) is 6.20. The van der Waals surface area contributed by atoms with E-state index in [1.807, 2.05) is 30.3 Å². The van der Waals surface area contributed by atoms with E-state index < -0.39 is 0 Å². The molecule has 0 saturated carbocycles. The van der Waals surface area contributed by atoms with Gasteiger partial charge in [-0.05, 0) is 36.8 Å². The summed E-state index contributed by atoms with van der Waals surface area (Å²) in [5, 5.41) is 0.719. The van der Waals surface area contributed by atoms with Gasteiger partial charge in [0.15, 0.2) is 0 Å². The SMILES string of the molecule is O=C(CCc1ccccc1)OCc1nc2sc3c(c2c(=O)[nH]1)CCC3. The highest BCUT2D eigenvalue weighted by Gasteiger charge is 2.21. The Hall–Kier alpha value is -2.47. The number of carbonyl (C=O) groups excluding carboxylic acids is 1. The molecule has 2 heterocycles. The predicted octanol–water partition coefficient (Wildman–Crippen LogP) is 3.15. The van der Waals surface area contributed by atoms with Crippen LogP contribution in [0.2, 0.25) is 0 Å². The number of nitrogens with zero attached hydrogens (tertiary/aromatic N) is 1. The zero-order valence-electron chi connectivity index (χ0n) is 13.7. The lowest BCUT2D eigenvalue weighted by Crippen LogP contribution is -2.14. The summed E-state index contributed by atoms with van der Waals surface area (Å²) < 4.78 is 5.26. The van der Waals surface area contributed by atoms with Crippen molar-refractivity contribution in [3.63, 3.8) is 0 Å². The van der Waals surface area contributed by atoms with E-state index in [4.69, 9.17) is 4.74 Å². The van der Waals surface area contributed by atoms with Crippen LogP contribution in [0, 0.1) is 0 Å². The largest absolute Gasteiger partial charge is 0.458 e. The molecule has 3 aromatic rings. The van der Waals surface area contributed by atoms with E-state index >= 15 is 0 Å². The van der Waals surface area contributed by atoms with E-state index in [1.54, 1.807) is 11.3 Å². The lowest BCUT2D eigenvalue weighted by molar-refractivity contribution is -0.145. The number of carbonyl (C=O) groups is 1. The number of thiophene rings is 1. The summed E-state index contributed by atoms with van der Waals surface area (Å²) in [6.45, 7) is 0.00136. The molecule has 0 radical (unpaired) electrons. The van der Waals surface area contributed by atoms with Crippen molar-refractivity contribution in [2.45, 2.75) is 38.7 Å². The average molecular weight is 354 g/mol. The molecule has 128 valence electrons. The summed E-state index contributed by atoms with van der Waals surface area (Å²) >= 11 is 1.58. The van der Waals surface area contributed by atoms with Crippen LogP contribution in [0.5, 0.6) is 0 Å². The van der Waals surface area contributed by atoms with Crippen molar-refractivity contribution < 1.29 is 9.53 Å². The first-order valence-electron chi connectivity index (χ1n) is 8.43. The van der Waals surface area contributed by atoms with E-state index in [2.05, 4.69) is 9.97 Å². The number of esters is 1. The van der Waals surface area contributed by atoms with Gasteiger partial charge >= 0.3 is 5.97 Å². The molecular weight excluding hydrogens is 336 g/mol. The third-order valence-corrected chi connectivity index (χ3v) is 5.64. The summed E-state index contributed by atoms with van der Waals surface area (Å²) in [7, 11) is 0. The van der Waals surface area contributed by atoms with Crippen LogP contribution in [-0.4, -0.2) is 15.9 Å². The number of aromatic nitrogens is 2. The highest BCUT2D eigenvalue weighted by Crippen LogP contribution is 2.34. The molecular formula is C19H18N2O3S. The zero-order chi connectivity index (χ0) is 17.2. The Kier molecular flexibility index (Phi) is 4.36. The number of fused-ring (bicyclic) bond motifs is 3. The van der Waals surface area contributed by atoms with Crippen LogP contribution in [-0.2, 0) is 35.4 Å². The molecule has 0 aliphatic heterocycles. The van der Waals surface area contributed by atoms with Crippen LogP contribution < -0.4 is 5.56 Å². The number of H-pyrrole nitrogens is 1. The first kappa shape index (κ1) is 16.0. The molecule has 0 spiro atoms. The summed E-state index contributed by atoms with van der Waals surface area (Å²) in [6, 6.07) is 9.80. The van der Waals surface area contributed by atoms with Gasteiger partial charge in [0.25, 0.3) is 5.56 Å². The second-order valence-corrected chi connectivity index (χ2v) is 7.28. The summed E-state index contributed by atoms with van der Waals surface area (Å²) in [5.74, 6) is 0.116. The number of benzene rings is 1. The number of ether oxygens (including phenoxy) is 1. The molecule has 1 aliphatic rings. The van der Waals surface area contributed by atoms with Gasteiger partial charge in [-0.2, -0.15) is 0 Å². The van der Waals surface area contributed by atoms with Crippen molar-refractivity contribution in [3.05, 3.63) is 62.5 Å². The summed E-state index contributed by atoms with van der Waals surface area (Å²) in [6.07, 6.45) is 4.04. The minimum absolute atomic E-state index is 0.00136. The van der Waals surface area contributed by atoms with Crippen molar-refractivity contribution in [2.75, 3.05) is 0 Å². The third-order valence-electron chi connectivity index (χ3n) is 4.45. The molecule has 5 nitrogen and oxygen atoms in total. The van der Waals surface area contributed by atoms with Crippen molar-refractivity contribution >= 4 is 27.5 Å². The maximum atomic E-state index is 12.3. The van der Waals surface area contributed by atoms with Crippen molar-refractivity contribution in [3.8, 4) is 0 Å². The number of aromatic amines is 1. The van der Waals surface area contributed by atoms with Crippen molar-refractivity contribution in [1.29, 1.82) is 0 Å². The van der Waals surface area contributed by atoms with E-state index in [0.717, 1.165) is 40.6 Å². The average Bonchev–Trinajstić information content (AvgIpc) is 3.19. The first-order valence-corrected chi connectivity index (χ1v) is 9.25. The van der Waals surface area contributed by atoms with Crippen molar-refractivity contribution in [2.24, 2.45) is 0 Å². The number of rotatable bonds is 5. The van der Waals surface area contributed by atoms with Gasteiger partial charge in [0.1, 0.15) is 17.3 Å². The Morgan fingerprint density at radius 1 is 1.24 bits per heavy atom. The molecule has 0 unspecified atom stereocenters. The number of nitrogens with one attached hydrogen (secondary N) is 1. The summed E-state index contributed by atoms with van der Waals surface area (Å²) in [4.78, 5) is 33.5. The van der Waals surface area contributed by atoms with Crippen LogP contribution in [0.4, 0.5) is 0 Å². The minimum Gasteiger partial charge on any atom is -0.458 e. The molecule has 0 atom stereocenters. The molecule has 0 fully saturated rings. The molecule has 0 bridgehead atoms. The molecule has 6 heteroatoms. The van der Waals surface area contributed by atoms with E-state index in [9.17, 15) is 9.59 Å². The molecule has 4 rings (SSSR count). The van der Waals surface area contributed by atoms with E-state index in [0.29, 0.717) is 18.7 Å². The highest BCUT2D eigenvalue weighted by atomic mass is 32.1. The van der Waals surface area contributed by atoms with Gasteiger partial charge < -0.3 is 9.72 Å². The number of aryl methyl sites for hydroxylation is 3. The maximum Gasteiger partial charge on any atom is 0.306 e. The Morgan fingerprint density at radius 2 is 2.08 bits per heavy atom. The Morgan fingerprint density at radius 3 is 2.92 bits per heavy atom. The second kappa shape index (κ2) is 6.80. The fraction of sp³-hybridized carbons (Fsp3) is 0.316. The molecule has 1 N–H and O–H groups in total. The lowest BCUT2D eigenvalue weighted by Gasteiger charge is -2.05. The van der Waals surface area contributed by atoms with Gasteiger partial charge in [-0.25, -0.2) is 4.98 Å². The van der Waals surface area contributed by atoms with Crippen LogP contribution >= 0.6 is 11.3 Å². The summed E-state index contributed by atoms with van der Waals surface area (Å²) in [5.41, 5.74) is 2.13. The number of hydrogen-bond acceptors (Lipinski definition) is 5. The van der Waals surface area contributed by atoms with Crippen molar-refractivity contribution in [1.82, 2.24) is 9.97 Å². The molecule has 2 aromatic heterocycles. The van der Waals surface area contributed by atoms with Crippen LogP contribution in [0.15, 0.2) is 35.1 Å². The Balaban J connectivity index is 1.41. The van der Waals surface area contributed by atoms with E-state index in [-0.39, 0.29) is 18.1 Å². The lowest BCUT2D eigenvalue weighted by atomic mass is 10.1. The fourth-order valence-corrected chi connectivity index (χ4v) is 4.51. The molecule has 1 aromatic carbocycles. The standard InChI is InChI=1S/C19H18N2O3S/c22-16(10-9-12-5-2-1-3-6-12)24-11-15-20-18(23)17-13-7-4-8-14(13)25-19(17)21-15/h1-3,5-6H,4,7-11H2,(H,20,21,23).